The van der Waals surface area contributed by atoms with Gasteiger partial charge in [0.1, 0.15) is 0 Å². The largest absolute Gasteiger partial charge is 0.333 e. The van der Waals surface area contributed by atoms with Crippen LogP contribution >= 0.6 is 23.2 Å². The van der Waals surface area contributed by atoms with Crippen molar-refractivity contribution < 1.29 is 4.79 Å². The third-order valence-electron chi connectivity index (χ3n) is 1.31. The molecule has 6 heteroatoms. The summed E-state index contributed by atoms with van der Waals surface area (Å²) in [6, 6.07) is 4.18. The molecule has 0 aliphatic carbocycles. The highest BCUT2D eigenvalue weighted by molar-refractivity contribution is 6.36. The van der Waals surface area contributed by atoms with Gasteiger partial charge in [-0.2, -0.15) is 0 Å². The van der Waals surface area contributed by atoms with Gasteiger partial charge in [-0.3, -0.25) is 5.43 Å². The van der Waals surface area contributed by atoms with Gasteiger partial charge in [0.05, 0.1) is 10.7 Å². The van der Waals surface area contributed by atoms with Crippen molar-refractivity contribution >= 4 is 34.9 Å². The van der Waals surface area contributed by atoms with Crippen molar-refractivity contribution in [3.05, 3.63) is 28.2 Å². The Morgan fingerprint density at radius 1 is 1.38 bits per heavy atom. The van der Waals surface area contributed by atoms with E-state index in [0.29, 0.717) is 15.7 Å². The molecule has 2 amide bonds. The SMILES string of the molecule is NNC(=O)Nc1ccc(Cl)cc1Cl. The summed E-state index contributed by atoms with van der Waals surface area (Å²) in [4.78, 5) is 10.8. The molecule has 1 aromatic carbocycles. The summed E-state index contributed by atoms with van der Waals surface area (Å²) >= 11 is 11.4. The second-order valence-electron chi connectivity index (χ2n) is 2.22. The number of rotatable bonds is 1. The number of benzene rings is 1. The fraction of sp³-hybridized carbons (Fsp3) is 0. The van der Waals surface area contributed by atoms with E-state index in [9.17, 15) is 4.79 Å². The molecular formula is C7H7Cl2N3O. The van der Waals surface area contributed by atoms with Gasteiger partial charge in [-0.25, -0.2) is 10.6 Å². The second kappa shape index (κ2) is 4.32. The lowest BCUT2D eigenvalue weighted by atomic mass is 10.3. The highest BCUT2D eigenvalue weighted by atomic mass is 35.5. The van der Waals surface area contributed by atoms with E-state index in [1.807, 2.05) is 5.43 Å². The molecule has 0 spiro atoms. The molecule has 0 aliphatic heterocycles. The Bertz CT molecular complexity index is 330. The average Bonchev–Trinajstić information content (AvgIpc) is 2.09. The lowest BCUT2D eigenvalue weighted by Gasteiger charge is -2.05. The van der Waals surface area contributed by atoms with E-state index >= 15 is 0 Å². The van der Waals surface area contributed by atoms with Crippen LogP contribution < -0.4 is 16.6 Å². The normalized spacial score (nSPS) is 9.46. The van der Waals surface area contributed by atoms with Crippen LogP contribution in [0.3, 0.4) is 0 Å². The van der Waals surface area contributed by atoms with Gasteiger partial charge in [0.2, 0.25) is 0 Å². The Morgan fingerprint density at radius 3 is 2.62 bits per heavy atom. The fourth-order valence-electron chi connectivity index (χ4n) is 0.749. The van der Waals surface area contributed by atoms with E-state index in [2.05, 4.69) is 5.32 Å². The van der Waals surface area contributed by atoms with E-state index < -0.39 is 6.03 Å². The first-order valence-corrected chi connectivity index (χ1v) is 4.11. The summed E-state index contributed by atoms with van der Waals surface area (Å²) < 4.78 is 0. The first-order valence-electron chi connectivity index (χ1n) is 3.36. The van der Waals surface area contributed by atoms with Crippen LogP contribution in [0.1, 0.15) is 0 Å². The summed E-state index contributed by atoms with van der Waals surface area (Å²) in [6.45, 7) is 0. The molecular weight excluding hydrogens is 213 g/mol. The summed E-state index contributed by atoms with van der Waals surface area (Å²) in [5.74, 6) is 4.87. The molecule has 4 N–H and O–H groups in total. The smallest absolute Gasteiger partial charge is 0.305 e. The molecule has 70 valence electrons. The Labute approximate surface area is 85.0 Å². The molecule has 13 heavy (non-hydrogen) atoms. The molecule has 0 atom stereocenters. The predicted octanol–water partition coefficient (Wildman–Crippen LogP) is 1.99. The fourth-order valence-corrected chi connectivity index (χ4v) is 1.20. The van der Waals surface area contributed by atoms with Crippen LogP contribution in [-0.4, -0.2) is 6.03 Å². The Balaban J connectivity index is 2.83. The number of urea groups is 1. The molecule has 0 radical (unpaired) electrons. The van der Waals surface area contributed by atoms with Crippen LogP contribution in [0.15, 0.2) is 18.2 Å². The maximum absolute atomic E-state index is 10.8. The molecule has 4 nitrogen and oxygen atoms in total. The van der Waals surface area contributed by atoms with E-state index in [-0.39, 0.29) is 0 Å². The predicted molar refractivity (Wildman–Crippen MR) is 52.8 cm³/mol. The van der Waals surface area contributed by atoms with Crippen molar-refractivity contribution in [2.45, 2.75) is 0 Å². The lowest BCUT2D eigenvalue weighted by Crippen LogP contribution is -2.34. The molecule has 0 bridgehead atoms. The summed E-state index contributed by atoms with van der Waals surface area (Å²) in [5, 5.41) is 3.28. The number of hydrogen-bond acceptors (Lipinski definition) is 2. The van der Waals surface area contributed by atoms with Gasteiger partial charge >= 0.3 is 6.03 Å². The monoisotopic (exact) mass is 219 g/mol. The quantitative estimate of drug-likeness (QED) is 0.385. The topological polar surface area (TPSA) is 67.1 Å². The van der Waals surface area contributed by atoms with Gasteiger partial charge in [-0.15, -0.1) is 0 Å². The molecule has 0 saturated carbocycles. The summed E-state index contributed by atoms with van der Waals surface area (Å²) in [6.07, 6.45) is 0. The van der Waals surface area contributed by atoms with Gasteiger partial charge < -0.3 is 5.32 Å². The second-order valence-corrected chi connectivity index (χ2v) is 3.07. The summed E-state index contributed by atoms with van der Waals surface area (Å²) in [5.41, 5.74) is 2.37. The number of hydrogen-bond donors (Lipinski definition) is 3. The number of carbonyl (C=O) groups excluding carboxylic acids is 1. The van der Waals surface area contributed by atoms with Crippen molar-refractivity contribution in [2.24, 2.45) is 5.84 Å². The van der Waals surface area contributed by atoms with Crippen molar-refractivity contribution in [1.82, 2.24) is 5.43 Å². The number of carbonyl (C=O) groups is 1. The van der Waals surface area contributed by atoms with Crippen LogP contribution in [0.4, 0.5) is 10.5 Å². The molecule has 0 heterocycles. The zero-order valence-corrected chi connectivity index (χ0v) is 7.99. The molecule has 0 saturated heterocycles. The molecule has 0 aliphatic rings. The van der Waals surface area contributed by atoms with E-state index in [0.717, 1.165) is 0 Å². The van der Waals surface area contributed by atoms with Crippen LogP contribution in [0.2, 0.25) is 10.0 Å². The third kappa shape index (κ3) is 2.77. The lowest BCUT2D eigenvalue weighted by molar-refractivity contribution is 0.252. The van der Waals surface area contributed by atoms with E-state index in [4.69, 9.17) is 29.0 Å². The number of hydrazine groups is 1. The molecule has 1 aromatic rings. The highest BCUT2D eigenvalue weighted by Gasteiger charge is 2.03. The molecule has 0 aromatic heterocycles. The molecule has 0 fully saturated rings. The van der Waals surface area contributed by atoms with Gasteiger partial charge in [0.15, 0.2) is 0 Å². The number of anilines is 1. The van der Waals surface area contributed by atoms with E-state index in [1.54, 1.807) is 12.1 Å². The van der Waals surface area contributed by atoms with Gasteiger partial charge in [-0.05, 0) is 18.2 Å². The van der Waals surface area contributed by atoms with Gasteiger partial charge in [0.25, 0.3) is 0 Å². The van der Waals surface area contributed by atoms with Gasteiger partial charge in [-0.1, -0.05) is 23.2 Å². The van der Waals surface area contributed by atoms with Crippen LogP contribution in [0, 0.1) is 0 Å². The third-order valence-corrected chi connectivity index (χ3v) is 1.86. The van der Waals surface area contributed by atoms with Crippen LogP contribution in [0.25, 0.3) is 0 Å². The first kappa shape index (κ1) is 10.1. The zero-order valence-electron chi connectivity index (χ0n) is 6.47. The standard InChI is InChI=1S/C7H7Cl2N3O/c8-4-1-2-6(5(9)3-4)11-7(13)12-10/h1-3H,10H2,(H2,11,12,13). The molecule has 1 rings (SSSR count). The Kier molecular flexibility index (Phi) is 3.36. The minimum atomic E-state index is -0.538. The first-order chi connectivity index (χ1) is 6.13. The Hall–Kier alpha value is -0.970. The molecule has 0 unspecified atom stereocenters. The maximum Gasteiger partial charge on any atom is 0.333 e. The highest BCUT2D eigenvalue weighted by Crippen LogP contribution is 2.24. The summed E-state index contributed by atoms with van der Waals surface area (Å²) in [7, 11) is 0. The number of halogens is 2. The van der Waals surface area contributed by atoms with Crippen molar-refractivity contribution in [1.29, 1.82) is 0 Å². The van der Waals surface area contributed by atoms with Crippen molar-refractivity contribution in [3.63, 3.8) is 0 Å². The maximum atomic E-state index is 10.8. The number of nitrogens with two attached hydrogens (primary N) is 1. The van der Waals surface area contributed by atoms with Crippen molar-refractivity contribution in [2.75, 3.05) is 5.32 Å². The minimum absolute atomic E-state index is 0.358. The van der Waals surface area contributed by atoms with Crippen molar-refractivity contribution in [3.8, 4) is 0 Å². The van der Waals surface area contributed by atoms with E-state index in [1.165, 1.54) is 6.07 Å². The number of amides is 2. The van der Waals surface area contributed by atoms with Crippen LogP contribution in [-0.2, 0) is 0 Å². The number of nitrogens with one attached hydrogen (secondary N) is 2. The zero-order chi connectivity index (χ0) is 9.84. The Morgan fingerprint density at radius 2 is 2.08 bits per heavy atom. The average molecular weight is 220 g/mol. The van der Waals surface area contributed by atoms with Gasteiger partial charge in [0, 0.05) is 5.02 Å². The van der Waals surface area contributed by atoms with Crippen LogP contribution in [0.5, 0.6) is 0 Å². The minimum Gasteiger partial charge on any atom is -0.305 e.